The number of piperazine rings is 1. The molecule has 1 saturated heterocycles. The van der Waals surface area contributed by atoms with E-state index in [9.17, 15) is 4.79 Å². The summed E-state index contributed by atoms with van der Waals surface area (Å²) in [5.74, 6) is 3.44. The van der Waals surface area contributed by atoms with Gasteiger partial charge in [-0.3, -0.25) is 9.69 Å². The topological polar surface area (TPSA) is 69.7 Å². The van der Waals surface area contributed by atoms with Crippen molar-refractivity contribution in [3.05, 3.63) is 46.5 Å². The standard InChI is InChI=1S/C29H38N2O6/c1-33-24-17-21-8-6-7-9-22(16-23(21)18-25(24)34-2)29(32)31-12-10-30(11-13-31)19-20-14-26(35-3)28(37-5)27(15-20)36-4/h14-18H,6-13,19H2,1-5H3/b22-16+. The molecule has 2 aliphatic rings. The van der Waals surface area contributed by atoms with Gasteiger partial charge in [0.15, 0.2) is 23.0 Å². The fourth-order valence-electron chi connectivity index (χ4n) is 5.14. The first kappa shape index (κ1) is 26.7. The Morgan fingerprint density at radius 3 is 1.92 bits per heavy atom. The molecule has 4 rings (SSSR count). The van der Waals surface area contributed by atoms with E-state index in [1.807, 2.05) is 29.2 Å². The Morgan fingerprint density at radius 1 is 0.730 bits per heavy atom. The smallest absolute Gasteiger partial charge is 0.249 e. The van der Waals surface area contributed by atoms with Gasteiger partial charge >= 0.3 is 0 Å². The number of aryl methyl sites for hydroxylation is 1. The Kier molecular flexibility index (Phi) is 8.82. The maximum atomic E-state index is 13.5. The Morgan fingerprint density at radius 2 is 1.32 bits per heavy atom. The van der Waals surface area contributed by atoms with Crippen LogP contribution >= 0.6 is 0 Å². The predicted octanol–water partition coefficient (Wildman–Crippen LogP) is 4.18. The van der Waals surface area contributed by atoms with E-state index in [1.54, 1.807) is 35.5 Å². The number of hydrogen-bond donors (Lipinski definition) is 0. The van der Waals surface area contributed by atoms with Crippen LogP contribution in [0.5, 0.6) is 28.7 Å². The normalized spacial score (nSPS) is 17.5. The van der Waals surface area contributed by atoms with E-state index in [-0.39, 0.29) is 5.91 Å². The van der Waals surface area contributed by atoms with Crippen LogP contribution in [0, 0.1) is 0 Å². The summed E-state index contributed by atoms with van der Waals surface area (Å²) in [6, 6.07) is 8.00. The predicted molar refractivity (Wildman–Crippen MR) is 143 cm³/mol. The van der Waals surface area contributed by atoms with E-state index >= 15 is 0 Å². The fraction of sp³-hybridized carbons (Fsp3) is 0.483. The summed E-state index contributed by atoms with van der Waals surface area (Å²) in [5.41, 5.74) is 4.18. The maximum Gasteiger partial charge on any atom is 0.249 e. The van der Waals surface area contributed by atoms with Crippen LogP contribution in [0.2, 0.25) is 0 Å². The van der Waals surface area contributed by atoms with Gasteiger partial charge in [0.2, 0.25) is 11.7 Å². The first-order valence-corrected chi connectivity index (χ1v) is 12.8. The molecule has 0 unspecified atom stereocenters. The molecule has 8 heteroatoms. The largest absolute Gasteiger partial charge is 0.493 e. The molecule has 1 aliphatic carbocycles. The molecule has 2 aromatic carbocycles. The van der Waals surface area contributed by atoms with Crippen molar-refractivity contribution in [1.82, 2.24) is 9.80 Å². The molecule has 1 fully saturated rings. The van der Waals surface area contributed by atoms with Crippen LogP contribution in [0.4, 0.5) is 0 Å². The first-order chi connectivity index (χ1) is 18.0. The Balaban J connectivity index is 1.45. The maximum absolute atomic E-state index is 13.5. The Labute approximate surface area is 219 Å². The van der Waals surface area contributed by atoms with Gasteiger partial charge in [0.05, 0.1) is 35.5 Å². The number of ether oxygens (including phenoxy) is 5. The number of amides is 1. The van der Waals surface area contributed by atoms with Crippen molar-refractivity contribution in [2.24, 2.45) is 0 Å². The van der Waals surface area contributed by atoms with Gasteiger partial charge in [0, 0.05) is 38.3 Å². The van der Waals surface area contributed by atoms with Gasteiger partial charge in [-0.25, -0.2) is 0 Å². The van der Waals surface area contributed by atoms with Crippen molar-refractivity contribution in [2.45, 2.75) is 32.2 Å². The highest BCUT2D eigenvalue weighted by molar-refractivity contribution is 5.98. The van der Waals surface area contributed by atoms with Crippen molar-refractivity contribution in [1.29, 1.82) is 0 Å². The Hall–Kier alpha value is -3.39. The monoisotopic (exact) mass is 510 g/mol. The number of fused-ring (bicyclic) bond motifs is 1. The van der Waals surface area contributed by atoms with E-state index < -0.39 is 0 Å². The molecule has 37 heavy (non-hydrogen) atoms. The summed E-state index contributed by atoms with van der Waals surface area (Å²) in [5, 5.41) is 0. The molecule has 1 aliphatic heterocycles. The number of carbonyl (C=O) groups is 1. The van der Waals surface area contributed by atoms with Gasteiger partial charge < -0.3 is 28.6 Å². The highest BCUT2D eigenvalue weighted by Crippen LogP contribution is 2.38. The summed E-state index contributed by atoms with van der Waals surface area (Å²) in [6.07, 6.45) is 5.84. The summed E-state index contributed by atoms with van der Waals surface area (Å²) in [6.45, 7) is 3.74. The minimum atomic E-state index is 0.134. The molecular formula is C29H38N2O6. The van der Waals surface area contributed by atoms with Crippen LogP contribution in [0.15, 0.2) is 29.8 Å². The van der Waals surface area contributed by atoms with Crippen LogP contribution in [-0.4, -0.2) is 77.4 Å². The zero-order valence-electron chi connectivity index (χ0n) is 22.6. The second-order valence-corrected chi connectivity index (χ2v) is 9.38. The van der Waals surface area contributed by atoms with Crippen molar-refractivity contribution < 1.29 is 28.5 Å². The second kappa shape index (κ2) is 12.2. The molecule has 0 N–H and O–H groups in total. The van der Waals surface area contributed by atoms with Crippen LogP contribution < -0.4 is 23.7 Å². The molecule has 0 saturated carbocycles. The molecule has 1 heterocycles. The van der Waals surface area contributed by atoms with Gasteiger partial charge in [-0.05, 0) is 72.7 Å². The molecule has 0 aromatic heterocycles. The van der Waals surface area contributed by atoms with Crippen LogP contribution in [0.3, 0.4) is 0 Å². The van der Waals surface area contributed by atoms with E-state index in [4.69, 9.17) is 23.7 Å². The second-order valence-electron chi connectivity index (χ2n) is 9.38. The third-order valence-electron chi connectivity index (χ3n) is 7.18. The number of rotatable bonds is 8. The quantitative estimate of drug-likeness (QED) is 0.528. The lowest BCUT2D eigenvalue weighted by atomic mass is 9.92. The number of methoxy groups -OCH3 is 5. The molecule has 0 radical (unpaired) electrons. The van der Waals surface area contributed by atoms with E-state index in [2.05, 4.69) is 11.0 Å². The van der Waals surface area contributed by atoms with Gasteiger partial charge in [0.1, 0.15) is 0 Å². The van der Waals surface area contributed by atoms with Gasteiger partial charge in [-0.15, -0.1) is 0 Å². The molecule has 0 atom stereocenters. The fourth-order valence-corrected chi connectivity index (χ4v) is 5.14. The van der Waals surface area contributed by atoms with E-state index in [0.29, 0.717) is 36.1 Å². The van der Waals surface area contributed by atoms with E-state index in [1.165, 1.54) is 5.56 Å². The average Bonchev–Trinajstić information content (AvgIpc) is 2.92. The lowest BCUT2D eigenvalue weighted by Crippen LogP contribution is -2.48. The summed E-state index contributed by atoms with van der Waals surface area (Å²) < 4.78 is 27.4. The number of hydrogen-bond acceptors (Lipinski definition) is 7. The van der Waals surface area contributed by atoms with Crippen molar-refractivity contribution >= 4 is 12.0 Å². The zero-order chi connectivity index (χ0) is 26.4. The third-order valence-corrected chi connectivity index (χ3v) is 7.18. The highest BCUT2D eigenvalue weighted by atomic mass is 16.5. The van der Waals surface area contributed by atoms with Crippen LogP contribution in [-0.2, 0) is 17.8 Å². The lowest BCUT2D eigenvalue weighted by molar-refractivity contribution is -0.129. The van der Waals surface area contributed by atoms with Crippen molar-refractivity contribution in [3.63, 3.8) is 0 Å². The first-order valence-electron chi connectivity index (χ1n) is 12.8. The molecule has 1 amide bonds. The van der Waals surface area contributed by atoms with Crippen LogP contribution in [0.1, 0.15) is 36.0 Å². The highest BCUT2D eigenvalue weighted by Gasteiger charge is 2.25. The summed E-state index contributed by atoms with van der Waals surface area (Å²) >= 11 is 0. The number of nitrogens with zero attached hydrogens (tertiary/aromatic N) is 2. The van der Waals surface area contributed by atoms with Gasteiger partial charge in [-0.2, -0.15) is 0 Å². The van der Waals surface area contributed by atoms with Crippen molar-refractivity contribution in [2.75, 3.05) is 61.7 Å². The molecule has 8 nitrogen and oxygen atoms in total. The average molecular weight is 511 g/mol. The molecule has 0 bridgehead atoms. The van der Waals surface area contributed by atoms with Gasteiger partial charge in [-0.1, -0.05) is 0 Å². The number of carbonyl (C=O) groups excluding carboxylic acids is 1. The van der Waals surface area contributed by atoms with Crippen molar-refractivity contribution in [3.8, 4) is 28.7 Å². The molecular weight excluding hydrogens is 472 g/mol. The summed E-state index contributed by atoms with van der Waals surface area (Å²) in [4.78, 5) is 17.9. The minimum absolute atomic E-state index is 0.134. The van der Waals surface area contributed by atoms with E-state index in [0.717, 1.165) is 67.8 Å². The Bertz CT molecular complexity index is 1110. The van der Waals surface area contributed by atoms with Crippen LogP contribution in [0.25, 0.3) is 6.08 Å². The summed E-state index contributed by atoms with van der Waals surface area (Å²) in [7, 11) is 8.15. The number of benzene rings is 2. The molecule has 2 aromatic rings. The van der Waals surface area contributed by atoms with Gasteiger partial charge in [0.25, 0.3) is 0 Å². The SMILES string of the molecule is COc1cc2c(cc1OC)CCCC/C(C(=O)N1CCN(Cc3cc(OC)c(OC)c(OC)c3)CC1)=C\2. The zero-order valence-corrected chi connectivity index (χ0v) is 22.6. The molecule has 0 spiro atoms. The molecule has 200 valence electrons. The minimum Gasteiger partial charge on any atom is -0.493 e. The lowest BCUT2D eigenvalue weighted by Gasteiger charge is -2.35. The third kappa shape index (κ3) is 5.96.